The van der Waals surface area contributed by atoms with Gasteiger partial charge < -0.3 is 15.2 Å². The molecule has 2 N–H and O–H groups in total. The van der Waals surface area contributed by atoms with E-state index in [9.17, 15) is 0 Å². The summed E-state index contributed by atoms with van der Waals surface area (Å²) in [6.07, 6.45) is 1.84. The van der Waals surface area contributed by atoms with Gasteiger partial charge in [0.2, 0.25) is 0 Å². The van der Waals surface area contributed by atoms with Gasteiger partial charge in [-0.2, -0.15) is 0 Å². The molecule has 142 valence electrons. The van der Waals surface area contributed by atoms with Gasteiger partial charge in [0.1, 0.15) is 6.33 Å². The minimum Gasteiger partial charge on any atom is -0.493 e. The largest absolute Gasteiger partial charge is 0.493 e. The average molecular weight is 373 g/mol. The average Bonchev–Trinajstić information content (AvgIpc) is 3.16. The summed E-state index contributed by atoms with van der Waals surface area (Å²) in [5.41, 5.74) is 12.1. The van der Waals surface area contributed by atoms with Crippen molar-refractivity contribution < 1.29 is 9.47 Å². The maximum Gasteiger partial charge on any atom is 0.168 e. The topological polar surface area (TPSA) is 62.3 Å². The lowest BCUT2D eigenvalue weighted by Gasteiger charge is -2.14. The van der Waals surface area contributed by atoms with E-state index in [4.69, 9.17) is 15.2 Å². The number of nitrogens with two attached hydrogens (primary N) is 1. The fourth-order valence-electron chi connectivity index (χ4n) is 3.46. The van der Waals surface area contributed by atoms with E-state index in [2.05, 4.69) is 39.9 Å². The lowest BCUT2D eigenvalue weighted by Crippen LogP contribution is -2.04. The summed E-state index contributed by atoms with van der Waals surface area (Å²) >= 11 is 0. The first kappa shape index (κ1) is 18.1. The molecule has 1 atom stereocenters. The molecule has 0 aliphatic carbocycles. The van der Waals surface area contributed by atoms with Crippen LogP contribution in [0.5, 0.6) is 11.5 Å². The zero-order chi connectivity index (χ0) is 19.7. The zero-order valence-corrected chi connectivity index (χ0v) is 16.2. The highest BCUT2D eigenvalue weighted by Crippen LogP contribution is 2.38. The third-order valence-corrected chi connectivity index (χ3v) is 4.94. The maximum atomic E-state index is 6.00. The van der Waals surface area contributed by atoms with Gasteiger partial charge in [-0.3, -0.25) is 4.57 Å². The molecule has 0 radical (unpaired) electrons. The Balaban J connectivity index is 1.81. The minimum absolute atomic E-state index is 0.0154. The van der Waals surface area contributed by atoms with Crippen LogP contribution in [-0.4, -0.2) is 23.8 Å². The molecule has 4 rings (SSSR count). The molecule has 0 amide bonds. The van der Waals surface area contributed by atoms with Crippen molar-refractivity contribution in [2.45, 2.75) is 13.0 Å². The second-order valence-electron chi connectivity index (χ2n) is 6.74. The van der Waals surface area contributed by atoms with Crippen LogP contribution in [0.15, 0.2) is 67.0 Å². The van der Waals surface area contributed by atoms with Crippen molar-refractivity contribution >= 4 is 11.0 Å². The third kappa shape index (κ3) is 3.10. The standard InChI is InChI=1S/C23H23N3O2/c1-15(24)16-10-11-21-20(13-16)25-14-26(21)18-7-4-6-17(12-18)19-8-5-9-22(27-2)23(19)28-3/h4-15H,24H2,1-3H3. The Morgan fingerprint density at radius 1 is 0.964 bits per heavy atom. The molecule has 0 spiro atoms. The number of aromatic nitrogens is 2. The van der Waals surface area contributed by atoms with E-state index >= 15 is 0 Å². The summed E-state index contributed by atoms with van der Waals surface area (Å²) in [6.45, 7) is 1.98. The van der Waals surface area contributed by atoms with Gasteiger partial charge in [-0.25, -0.2) is 4.98 Å². The van der Waals surface area contributed by atoms with Crippen LogP contribution in [0.1, 0.15) is 18.5 Å². The molecule has 0 aliphatic rings. The van der Waals surface area contributed by atoms with E-state index in [0.29, 0.717) is 5.75 Å². The predicted molar refractivity (Wildman–Crippen MR) is 112 cm³/mol. The molecular weight excluding hydrogens is 350 g/mol. The van der Waals surface area contributed by atoms with Crippen molar-refractivity contribution in [1.82, 2.24) is 9.55 Å². The minimum atomic E-state index is -0.0154. The highest BCUT2D eigenvalue weighted by atomic mass is 16.5. The maximum absolute atomic E-state index is 6.00. The van der Waals surface area contributed by atoms with Gasteiger partial charge in [-0.15, -0.1) is 0 Å². The van der Waals surface area contributed by atoms with Gasteiger partial charge in [0, 0.05) is 17.3 Å². The Bertz CT molecular complexity index is 1130. The number of rotatable bonds is 5. The van der Waals surface area contributed by atoms with Gasteiger partial charge in [0.15, 0.2) is 11.5 Å². The monoisotopic (exact) mass is 373 g/mol. The van der Waals surface area contributed by atoms with Crippen molar-refractivity contribution in [3.63, 3.8) is 0 Å². The van der Waals surface area contributed by atoms with Gasteiger partial charge in [-0.1, -0.05) is 30.3 Å². The quantitative estimate of drug-likeness (QED) is 0.549. The lowest BCUT2D eigenvalue weighted by atomic mass is 10.0. The summed E-state index contributed by atoms with van der Waals surface area (Å²) in [7, 11) is 3.30. The molecule has 1 aromatic heterocycles. The molecule has 0 saturated heterocycles. The van der Waals surface area contributed by atoms with E-state index in [0.717, 1.165) is 39.2 Å². The Morgan fingerprint density at radius 2 is 1.79 bits per heavy atom. The van der Waals surface area contributed by atoms with E-state index < -0.39 is 0 Å². The van der Waals surface area contributed by atoms with Gasteiger partial charge in [0.05, 0.1) is 25.3 Å². The summed E-state index contributed by atoms with van der Waals surface area (Å²) < 4.78 is 13.1. The normalized spacial score (nSPS) is 12.1. The summed E-state index contributed by atoms with van der Waals surface area (Å²) in [4.78, 5) is 4.56. The number of ether oxygens (including phenoxy) is 2. The number of benzene rings is 3. The number of fused-ring (bicyclic) bond motifs is 1. The molecule has 3 aromatic carbocycles. The molecule has 28 heavy (non-hydrogen) atoms. The number of hydrogen-bond acceptors (Lipinski definition) is 4. The fraction of sp³-hybridized carbons (Fsp3) is 0.174. The fourth-order valence-corrected chi connectivity index (χ4v) is 3.46. The summed E-state index contributed by atoms with van der Waals surface area (Å²) in [5, 5.41) is 0. The van der Waals surface area contributed by atoms with Crippen molar-refractivity contribution in [2.24, 2.45) is 5.73 Å². The molecule has 0 saturated carbocycles. The molecule has 1 heterocycles. The Kier molecular flexibility index (Phi) is 4.75. The van der Waals surface area contributed by atoms with Crippen molar-refractivity contribution in [3.8, 4) is 28.3 Å². The van der Waals surface area contributed by atoms with E-state index in [1.165, 1.54) is 0 Å². The number of para-hydroxylation sites is 1. The van der Waals surface area contributed by atoms with Crippen molar-refractivity contribution in [2.75, 3.05) is 14.2 Å². The number of hydrogen-bond donors (Lipinski definition) is 1. The number of methoxy groups -OCH3 is 2. The predicted octanol–water partition coefficient (Wildman–Crippen LogP) is 4.73. The molecule has 0 bridgehead atoms. The van der Waals surface area contributed by atoms with Crippen LogP contribution in [0, 0.1) is 0 Å². The van der Waals surface area contributed by atoms with Crippen molar-refractivity contribution in [3.05, 3.63) is 72.6 Å². The van der Waals surface area contributed by atoms with Gasteiger partial charge in [-0.05, 0) is 48.4 Å². The van der Waals surface area contributed by atoms with E-state index in [-0.39, 0.29) is 6.04 Å². The zero-order valence-electron chi connectivity index (χ0n) is 16.2. The Morgan fingerprint density at radius 3 is 2.54 bits per heavy atom. The lowest BCUT2D eigenvalue weighted by molar-refractivity contribution is 0.356. The first-order valence-electron chi connectivity index (χ1n) is 9.16. The summed E-state index contributed by atoms with van der Waals surface area (Å²) in [5.74, 6) is 1.43. The molecule has 0 aliphatic heterocycles. The highest BCUT2D eigenvalue weighted by Gasteiger charge is 2.13. The highest BCUT2D eigenvalue weighted by molar-refractivity contribution is 5.80. The Labute approximate surface area is 164 Å². The van der Waals surface area contributed by atoms with Crippen LogP contribution >= 0.6 is 0 Å². The molecule has 4 aromatic rings. The third-order valence-electron chi connectivity index (χ3n) is 4.94. The van der Waals surface area contributed by atoms with Gasteiger partial charge >= 0.3 is 0 Å². The summed E-state index contributed by atoms with van der Waals surface area (Å²) in [6, 6.07) is 20.3. The Hall–Kier alpha value is -3.31. The smallest absolute Gasteiger partial charge is 0.168 e. The van der Waals surface area contributed by atoms with E-state index in [1.807, 2.05) is 43.6 Å². The van der Waals surface area contributed by atoms with Crippen LogP contribution in [0.25, 0.3) is 27.8 Å². The first-order valence-corrected chi connectivity index (χ1v) is 9.16. The van der Waals surface area contributed by atoms with Crippen molar-refractivity contribution in [1.29, 1.82) is 0 Å². The van der Waals surface area contributed by atoms with Gasteiger partial charge in [0.25, 0.3) is 0 Å². The molecule has 1 unspecified atom stereocenters. The molecule has 0 fully saturated rings. The number of imidazole rings is 1. The SMILES string of the molecule is COc1cccc(-c2cccc(-n3cnc4cc(C(C)N)ccc43)c2)c1OC. The van der Waals surface area contributed by atoms with Crippen LogP contribution in [0.4, 0.5) is 0 Å². The molecule has 5 heteroatoms. The second-order valence-corrected chi connectivity index (χ2v) is 6.74. The number of nitrogens with zero attached hydrogens (tertiary/aromatic N) is 2. The van der Waals surface area contributed by atoms with Crippen LogP contribution < -0.4 is 15.2 Å². The van der Waals surface area contributed by atoms with Crippen LogP contribution in [-0.2, 0) is 0 Å². The first-order chi connectivity index (χ1) is 13.6. The molecule has 5 nitrogen and oxygen atoms in total. The van der Waals surface area contributed by atoms with E-state index in [1.54, 1.807) is 14.2 Å². The van der Waals surface area contributed by atoms with Crippen LogP contribution in [0.2, 0.25) is 0 Å². The second kappa shape index (κ2) is 7.37. The van der Waals surface area contributed by atoms with Crippen LogP contribution in [0.3, 0.4) is 0 Å². The molecular formula is C23H23N3O2.